The summed E-state index contributed by atoms with van der Waals surface area (Å²) in [4.78, 5) is -1.24. The number of hydrogen-bond acceptors (Lipinski definition) is 6. The molecular formula is C21H22Cl2O6PPdS3. The van der Waals surface area contributed by atoms with Crippen LogP contribution in [0, 0.1) is 20.8 Å². The van der Waals surface area contributed by atoms with Gasteiger partial charge in [-0.3, -0.25) is 0 Å². The van der Waals surface area contributed by atoms with Crippen molar-refractivity contribution in [2.24, 2.45) is 0 Å². The Morgan fingerprint density at radius 3 is 0.971 bits per heavy atom. The van der Waals surface area contributed by atoms with Gasteiger partial charge in [-0.05, 0) is 0 Å². The fraction of sp³-hybridized carbons (Fsp3) is 0.143. The first kappa shape index (κ1) is 27.8. The summed E-state index contributed by atoms with van der Waals surface area (Å²) < 4.78 is 80.2. The molecule has 189 valence electrons. The van der Waals surface area contributed by atoms with Crippen LogP contribution in [0.15, 0.2) is 87.5 Å². The zero-order chi connectivity index (χ0) is 25.5. The summed E-state index contributed by atoms with van der Waals surface area (Å²) in [6.45, 7) is 4.38. The maximum atomic E-state index is 14.3. The molecule has 0 fully saturated rings. The third kappa shape index (κ3) is 4.11. The van der Waals surface area contributed by atoms with Crippen LogP contribution in [0.1, 0.15) is 16.7 Å². The molecule has 0 saturated carbocycles. The molecule has 0 aromatic heterocycles. The number of aryl methyl sites for hydroxylation is 3. The van der Waals surface area contributed by atoms with Crippen molar-refractivity contribution in [3.63, 3.8) is 0 Å². The second-order valence-electron chi connectivity index (χ2n) is 7.42. The molecule has 0 atom stereocenters. The second-order valence-corrected chi connectivity index (χ2v) is 41.8. The molecule has 0 N–H and O–H groups in total. The Kier molecular flexibility index (Phi) is 8.10. The third-order valence-electron chi connectivity index (χ3n) is 5.21. The van der Waals surface area contributed by atoms with E-state index >= 15 is 0 Å². The first-order valence-electron chi connectivity index (χ1n) is 9.60. The van der Waals surface area contributed by atoms with Gasteiger partial charge in [-0.1, -0.05) is 0 Å². The van der Waals surface area contributed by atoms with Crippen LogP contribution >= 0.6 is 22.1 Å². The Balaban J connectivity index is 2.65. The summed E-state index contributed by atoms with van der Waals surface area (Å²) in [7, 11) is -2.53. The van der Waals surface area contributed by atoms with Gasteiger partial charge < -0.3 is 0 Å². The van der Waals surface area contributed by atoms with Crippen LogP contribution in [0.25, 0.3) is 0 Å². The van der Waals surface area contributed by atoms with Crippen molar-refractivity contribution < 1.29 is 39.5 Å². The Morgan fingerprint density at radius 1 is 0.529 bits per heavy atom. The Bertz CT molecular complexity index is 1390. The van der Waals surface area contributed by atoms with Crippen molar-refractivity contribution in [3.05, 3.63) is 89.5 Å². The van der Waals surface area contributed by atoms with Gasteiger partial charge in [-0.15, -0.1) is 0 Å². The van der Waals surface area contributed by atoms with Gasteiger partial charge in [0.2, 0.25) is 0 Å². The van der Waals surface area contributed by atoms with Gasteiger partial charge >= 0.3 is 215 Å². The van der Waals surface area contributed by atoms with E-state index < -0.39 is 60.3 Å². The molecule has 0 amide bonds. The van der Waals surface area contributed by atoms with E-state index in [9.17, 15) is 25.3 Å². The summed E-state index contributed by atoms with van der Waals surface area (Å²) in [5, 5.41) is 0. The predicted molar refractivity (Wildman–Crippen MR) is 135 cm³/mol. The van der Waals surface area contributed by atoms with E-state index in [1.54, 1.807) is 18.2 Å². The summed E-state index contributed by atoms with van der Waals surface area (Å²) in [5.41, 5.74) is 0.579. The summed E-state index contributed by atoms with van der Waals surface area (Å²) in [6, 6.07) is 16.8. The van der Waals surface area contributed by atoms with Gasteiger partial charge in [0, 0.05) is 0 Å². The molecule has 6 nitrogen and oxygen atoms in total. The molecule has 0 aliphatic rings. The molecular weight excluding hydrogens is 653 g/mol. The molecule has 3 aromatic carbocycles. The van der Waals surface area contributed by atoms with E-state index in [0.717, 1.165) is 0 Å². The molecule has 3 rings (SSSR count). The van der Waals surface area contributed by atoms with Crippen LogP contribution in [0.4, 0.5) is 0 Å². The molecule has 0 saturated heterocycles. The average Bonchev–Trinajstić information content (AvgIpc) is 2.73. The summed E-state index contributed by atoms with van der Waals surface area (Å²) in [5.74, 6) is 0. The molecule has 0 unspecified atom stereocenters. The quantitative estimate of drug-likeness (QED) is 0.237. The maximum absolute atomic E-state index is 14.3. The normalized spacial score (nSPS) is 14.0. The molecule has 0 radical (unpaired) electrons. The monoisotopic (exact) mass is 673 g/mol. The average molecular weight is 675 g/mol. The van der Waals surface area contributed by atoms with E-state index in [0.29, 0.717) is 0 Å². The van der Waals surface area contributed by atoms with Gasteiger partial charge in [0.1, 0.15) is 0 Å². The summed E-state index contributed by atoms with van der Waals surface area (Å²) >= 11 is -3.76. The van der Waals surface area contributed by atoms with E-state index in [-0.39, 0.29) is 16.7 Å². The topological polar surface area (TPSA) is 102 Å². The molecule has 0 aliphatic heterocycles. The Hall–Kier alpha value is -0.818. The van der Waals surface area contributed by atoms with Crippen LogP contribution < -0.4 is 0 Å². The summed E-state index contributed by atoms with van der Waals surface area (Å²) in [6.07, 6.45) is 0. The predicted octanol–water partition coefficient (Wildman–Crippen LogP) is 5.67. The van der Waals surface area contributed by atoms with E-state index in [4.69, 9.17) is 19.1 Å². The Labute approximate surface area is 213 Å². The molecule has 34 heavy (non-hydrogen) atoms. The minimum absolute atomic E-state index is 0.193. The van der Waals surface area contributed by atoms with Crippen LogP contribution in [0.2, 0.25) is 0 Å². The van der Waals surface area contributed by atoms with Crippen molar-refractivity contribution in [2.45, 2.75) is 35.5 Å². The first-order chi connectivity index (χ1) is 15.7. The fourth-order valence-corrected chi connectivity index (χ4v) is 62.2. The first-order valence-corrected chi connectivity index (χ1v) is 24.4. The van der Waals surface area contributed by atoms with Crippen molar-refractivity contribution in [1.29, 1.82) is 0 Å². The molecule has 3 aromatic rings. The van der Waals surface area contributed by atoms with Crippen LogP contribution in [-0.4, -0.2) is 25.3 Å². The zero-order valence-corrected chi connectivity index (χ0v) is 24.7. The molecule has 0 aliphatic carbocycles. The number of halogens is 2. The number of hydrogen-bond donors (Lipinski definition) is 0. The second kappa shape index (κ2) is 9.91. The van der Waals surface area contributed by atoms with E-state index in [1.807, 2.05) is 0 Å². The van der Waals surface area contributed by atoms with Crippen LogP contribution in [0.5, 0.6) is 0 Å². The van der Waals surface area contributed by atoms with Gasteiger partial charge in [0.05, 0.1) is 0 Å². The fourth-order valence-electron chi connectivity index (χ4n) is 3.57. The minimum atomic E-state index is -5.81. The molecule has 13 heteroatoms. The molecule has 0 bridgehead atoms. The van der Waals surface area contributed by atoms with Crippen molar-refractivity contribution in [2.75, 3.05) is 0 Å². The van der Waals surface area contributed by atoms with Gasteiger partial charge in [0.15, 0.2) is 0 Å². The van der Waals surface area contributed by atoms with Crippen molar-refractivity contribution in [1.82, 2.24) is 0 Å². The Morgan fingerprint density at radius 2 is 0.765 bits per heavy atom. The molecule has 0 spiro atoms. The molecule has 0 heterocycles. The van der Waals surface area contributed by atoms with Gasteiger partial charge in [-0.25, -0.2) is 0 Å². The zero-order valence-electron chi connectivity index (χ0n) is 18.2. The van der Waals surface area contributed by atoms with Crippen LogP contribution in [-0.2, 0) is 42.6 Å². The van der Waals surface area contributed by atoms with Gasteiger partial charge in [0.25, 0.3) is 0 Å². The van der Waals surface area contributed by atoms with Gasteiger partial charge in [-0.2, -0.15) is 0 Å². The standard InChI is InChI=1S/C21H21O6PS3.2ClH.Pd/c1-16-10-4-7-13-19(16)29(22,23)28(30(24,25)20-14-8-5-11-17(20)2)31(26,27)21-15-9-6-12-18(21)3;;;/h4-15H,1-3H3;2*1H;/q;;;+1/p-1. The number of benzene rings is 3. The van der Waals surface area contributed by atoms with Crippen molar-refractivity contribution in [3.8, 4) is 0 Å². The van der Waals surface area contributed by atoms with E-state index in [1.165, 1.54) is 75.4 Å². The van der Waals surface area contributed by atoms with Crippen LogP contribution in [0.3, 0.4) is 0 Å². The number of rotatable bonds is 7. The SMILES string of the molecule is Cc1ccccc1S(=O)(=O)[PH]([Pd]([Cl])[Cl])(S(=O)(=O)c1ccccc1C)S(=O)(=O)c1ccccc1C. The van der Waals surface area contributed by atoms with E-state index in [2.05, 4.69) is 0 Å². The third-order valence-corrected chi connectivity index (χ3v) is 64.0. The van der Waals surface area contributed by atoms with Crippen molar-refractivity contribution >= 4 is 50.5 Å².